The third-order valence-electron chi connectivity index (χ3n) is 2.28. The second-order valence-electron chi connectivity index (χ2n) is 3.35. The molecule has 0 aromatic carbocycles. The summed E-state index contributed by atoms with van der Waals surface area (Å²) in [6.07, 6.45) is 1.15. The zero-order chi connectivity index (χ0) is 14.0. The SMILES string of the molecule is N#Cc1ncn(-c2nc(Cl)ccc2C(=O)O)c1C#N. The number of halogens is 1. The molecule has 2 aromatic heterocycles. The molecule has 0 atom stereocenters. The van der Waals surface area contributed by atoms with Crippen LogP contribution in [0.1, 0.15) is 21.7 Å². The maximum Gasteiger partial charge on any atom is 0.339 e. The summed E-state index contributed by atoms with van der Waals surface area (Å²) >= 11 is 5.72. The largest absolute Gasteiger partial charge is 0.478 e. The number of nitriles is 2. The Morgan fingerprint density at radius 1 is 1.37 bits per heavy atom. The van der Waals surface area contributed by atoms with Crippen LogP contribution >= 0.6 is 11.6 Å². The predicted molar refractivity (Wildman–Crippen MR) is 62.8 cm³/mol. The van der Waals surface area contributed by atoms with Gasteiger partial charge in [0.1, 0.15) is 29.2 Å². The van der Waals surface area contributed by atoms with Crippen LogP contribution in [-0.2, 0) is 0 Å². The van der Waals surface area contributed by atoms with Crippen LogP contribution in [0.5, 0.6) is 0 Å². The minimum absolute atomic E-state index is 0.0643. The molecule has 0 aliphatic rings. The van der Waals surface area contributed by atoms with Gasteiger partial charge in [0.05, 0.1) is 0 Å². The summed E-state index contributed by atoms with van der Waals surface area (Å²) in [6, 6.07) is 6.10. The van der Waals surface area contributed by atoms with Crippen LogP contribution in [0.25, 0.3) is 5.82 Å². The van der Waals surface area contributed by atoms with Gasteiger partial charge in [-0.1, -0.05) is 11.6 Å². The van der Waals surface area contributed by atoms with Crippen molar-refractivity contribution in [2.45, 2.75) is 0 Å². The van der Waals surface area contributed by atoms with Crippen molar-refractivity contribution in [3.8, 4) is 18.0 Å². The fraction of sp³-hybridized carbons (Fsp3) is 0. The van der Waals surface area contributed by atoms with E-state index in [1.54, 1.807) is 12.1 Å². The van der Waals surface area contributed by atoms with E-state index in [4.69, 9.17) is 27.2 Å². The van der Waals surface area contributed by atoms with E-state index in [9.17, 15) is 4.79 Å². The molecule has 2 heterocycles. The average Bonchev–Trinajstić information content (AvgIpc) is 2.80. The molecule has 0 amide bonds. The Morgan fingerprint density at radius 3 is 2.68 bits per heavy atom. The fourth-order valence-corrected chi connectivity index (χ4v) is 1.62. The van der Waals surface area contributed by atoms with Crippen molar-refractivity contribution in [3.63, 3.8) is 0 Å². The third-order valence-corrected chi connectivity index (χ3v) is 2.49. The molecule has 2 aromatic rings. The van der Waals surface area contributed by atoms with Crippen LogP contribution in [0, 0.1) is 22.7 Å². The Hall–Kier alpha value is -2.90. The molecular weight excluding hydrogens is 270 g/mol. The lowest BCUT2D eigenvalue weighted by Gasteiger charge is -2.06. The molecule has 0 bridgehead atoms. The van der Waals surface area contributed by atoms with Gasteiger partial charge in [-0.2, -0.15) is 10.5 Å². The highest BCUT2D eigenvalue weighted by Crippen LogP contribution is 2.19. The van der Waals surface area contributed by atoms with Crippen molar-refractivity contribution in [2.75, 3.05) is 0 Å². The van der Waals surface area contributed by atoms with Crippen LogP contribution in [0.2, 0.25) is 5.15 Å². The number of hydrogen-bond donors (Lipinski definition) is 1. The average molecular weight is 274 g/mol. The molecule has 19 heavy (non-hydrogen) atoms. The number of carbonyl (C=O) groups is 1. The molecule has 8 heteroatoms. The number of carboxylic acids is 1. The second-order valence-corrected chi connectivity index (χ2v) is 3.73. The summed E-state index contributed by atoms with van der Waals surface area (Å²) in [5.41, 5.74) is -0.358. The molecule has 0 aliphatic heterocycles. The predicted octanol–water partition coefficient (Wildman–Crippen LogP) is 1.36. The smallest absolute Gasteiger partial charge is 0.339 e. The van der Waals surface area contributed by atoms with Crippen molar-refractivity contribution in [1.29, 1.82) is 10.5 Å². The van der Waals surface area contributed by atoms with Crippen LogP contribution in [0.3, 0.4) is 0 Å². The summed E-state index contributed by atoms with van der Waals surface area (Å²) in [7, 11) is 0. The molecule has 2 rings (SSSR count). The third kappa shape index (κ3) is 2.10. The first-order valence-corrected chi connectivity index (χ1v) is 5.24. The fourth-order valence-electron chi connectivity index (χ4n) is 1.47. The Kier molecular flexibility index (Phi) is 3.15. The summed E-state index contributed by atoms with van der Waals surface area (Å²) in [5.74, 6) is -1.29. The summed E-state index contributed by atoms with van der Waals surface area (Å²) in [5, 5.41) is 27.0. The molecule has 92 valence electrons. The van der Waals surface area contributed by atoms with E-state index in [1.165, 1.54) is 12.1 Å². The quantitative estimate of drug-likeness (QED) is 0.826. The highest BCUT2D eigenvalue weighted by molar-refractivity contribution is 6.29. The van der Waals surface area contributed by atoms with E-state index in [0.717, 1.165) is 10.9 Å². The number of aromatic carboxylic acids is 1. The first-order chi connectivity index (χ1) is 9.08. The lowest BCUT2D eigenvalue weighted by molar-refractivity contribution is 0.0696. The van der Waals surface area contributed by atoms with Gasteiger partial charge >= 0.3 is 5.97 Å². The van der Waals surface area contributed by atoms with E-state index in [1.807, 2.05) is 0 Å². The highest BCUT2D eigenvalue weighted by atomic mass is 35.5. The molecule has 0 unspecified atom stereocenters. The summed E-state index contributed by atoms with van der Waals surface area (Å²) in [4.78, 5) is 18.7. The van der Waals surface area contributed by atoms with Crippen molar-refractivity contribution in [1.82, 2.24) is 14.5 Å². The monoisotopic (exact) mass is 273 g/mol. The van der Waals surface area contributed by atoms with E-state index in [-0.39, 0.29) is 27.9 Å². The standard InChI is InChI=1S/C11H4ClN5O2/c12-9-2-1-6(11(18)19)10(16-9)17-5-15-7(3-13)8(17)4-14/h1-2,5H,(H,18,19). The van der Waals surface area contributed by atoms with Gasteiger partial charge < -0.3 is 5.11 Å². The Morgan fingerprint density at radius 2 is 2.11 bits per heavy atom. The van der Waals surface area contributed by atoms with Gasteiger partial charge in [0.2, 0.25) is 0 Å². The van der Waals surface area contributed by atoms with Gasteiger partial charge in [-0.3, -0.25) is 4.57 Å². The van der Waals surface area contributed by atoms with Gasteiger partial charge in [0, 0.05) is 0 Å². The Balaban J connectivity index is 2.76. The normalized spacial score (nSPS) is 9.63. The highest BCUT2D eigenvalue weighted by Gasteiger charge is 2.19. The number of pyridine rings is 1. The van der Waals surface area contributed by atoms with E-state index in [2.05, 4.69) is 9.97 Å². The Labute approximate surface area is 111 Å². The Bertz CT molecular complexity index is 753. The van der Waals surface area contributed by atoms with Crippen molar-refractivity contribution < 1.29 is 9.90 Å². The number of aromatic nitrogens is 3. The maximum atomic E-state index is 11.1. The zero-order valence-corrected chi connectivity index (χ0v) is 9.96. The topological polar surface area (TPSA) is 116 Å². The minimum atomic E-state index is -1.23. The van der Waals surface area contributed by atoms with Crippen LogP contribution in [0.4, 0.5) is 0 Å². The number of hydrogen-bond acceptors (Lipinski definition) is 5. The zero-order valence-electron chi connectivity index (χ0n) is 9.20. The second kappa shape index (κ2) is 4.77. The van der Waals surface area contributed by atoms with Crippen LogP contribution in [-0.4, -0.2) is 25.6 Å². The van der Waals surface area contributed by atoms with Gasteiger partial charge in [-0.25, -0.2) is 14.8 Å². The van der Waals surface area contributed by atoms with E-state index in [0.29, 0.717) is 0 Å². The van der Waals surface area contributed by atoms with Crippen molar-refractivity contribution in [2.24, 2.45) is 0 Å². The van der Waals surface area contributed by atoms with Crippen LogP contribution < -0.4 is 0 Å². The molecule has 0 saturated carbocycles. The summed E-state index contributed by atoms with van der Waals surface area (Å²) in [6.45, 7) is 0. The lowest BCUT2D eigenvalue weighted by Crippen LogP contribution is -2.09. The van der Waals surface area contributed by atoms with Gasteiger partial charge in [-0.05, 0) is 12.1 Å². The first kappa shape index (κ1) is 12.6. The van der Waals surface area contributed by atoms with Crippen LogP contribution in [0.15, 0.2) is 18.5 Å². The first-order valence-electron chi connectivity index (χ1n) is 4.86. The van der Waals surface area contributed by atoms with Gasteiger partial charge in [0.15, 0.2) is 17.2 Å². The maximum absolute atomic E-state index is 11.1. The molecule has 0 spiro atoms. The number of rotatable bonds is 2. The minimum Gasteiger partial charge on any atom is -0.478 e. The molecule has 1 N–H and O–H groups in total. The molecule has 0 saturated heterocycles. The summed E-state index contributed by atoms with van der Waals surface area (Å²) < 4.78 is 1.12. The van der Waals surface area contributed by atoms with E-state index >= 15 is 0 Å². The van der Waals surface area contributed by atoms with Gasteiger partial charge in [-0.15, -0.1) is 0 Å². The number of carboxylic acid groups (broad SMARTS) is 1. The van der Waals surface area contributed by atoms with Crippen molar-refractivity contribution >= 4 is 17.6 Å². The number of nitrogens with zero attached hydrogens (tertiary/aromatic N) is 5. The molecule has 0 fully saturated rings. The number of imidazole rings is 1. The molecule has 0 aliphatic carbocycles. The lowest BCUT2D eigenvalue weighted by atomic mass is 10.2. The molecular formula is C11H4ClN5O2. The van der Waals surface area contributed by atoms with E-state index < -0.39 is 5.97 Å². The molecule has 7 nitrogen and oxygen atoms in total. The van der Waals surface area contributed by atoms with Gasteiger partial charge in [0.25, 0.3) is 0 Å². The molecule has 0 radical (unpaired) electrons. The van der Waals surface area contributed by atoms with Crippen molar-refractivity contribution in [3.05, 3.63) is 40.6 Å².